The van der Waals surface area contributed by atoms with Crippen molar-refractivity contribution in [1.82, 2.24) is 4.98 Å². The Balaban J connectivity index is 1.59. The van der Waals surface area contributed by atoms with Gasteiger partial charge in [0.2, 0.25) is 0 Å². The molecule has 4 rings (SSSR count). The van der Waals surface area contributed by atoms with E-state index in [1.54, 1.807) is 54.7 Å². The van der Waals surface area contributed by atoms with Crippen molar-refractivity contribution in [2.45, 2.75) is 4.90 Å². The van der Waals surface area contributed by atoms with Crippen molar-refractivity contribution in [3.63, 3.8) is 0 Å². The number of rotatable bonds is 5. The van der Waals surface area contributed by atoms with Gasteiger partial charge < -0.3 is 5.32 Å². The Bertz CT molecular complexity index is 1390. The highest BCUT2D eigenvalue weighted by atomic mass is 35.5. The van der Waals surface area contributed by atoms with E-state index >= 15 is 0 Å². The van der Waals surface area contributed by atoms with E-state index in [-0.39, 0.29) is 10.8 Å². The summed E-state index contributed by atoms with van der Waals surface area (Å²) in [6.45, 7) is 0. The summed E-state index contributed by atoms with van der Waals surface area (Å²) >= 11 is 5.99. The van der Waals surface area contributed by atoms with Gasteiger partial charge >= 0.3 is 0 Å². The van der Waals surface area contributed by atoms with Crippen molar-refractivity contribution >= 4 is 49.8 Å². The first-order valence-electron chi connectivity index (χ1n) is 9.35. The zero-order chi connectivity index (χ0) is 22.0. The Morgan fingerprint density at radius 1 is 0.968 bits per heavy atom. The number of carbonyl (C=O) groups excluding carboxylic acids is 1. The average molecular weight is 452 g/mol. The minimum Gasteiger partial charge on any atom is -0.322 e. The minimum absolute atomic E-state index is 0.0490. The van der Waals surface area contributed by atoms with Gasteiger partial charge in [-0.25, -0.2) is 8.42 Å². The molecular weight excluding hydrogens is 434 g/mol. The lowest BCUT2D eigenvalue weighted by molar-refractivity contribution is 0.102. The molecule has 0 bridgehead atoms. The number of fused-ring (bicyclic) bond motifs is 1. The highest BCUT2D eigenvalue weighted by Crippen LogP contribution is 2.26. The van der Waals surface area contributed by atoms with Crippen LogP contribution in [0.5, 0.6) is 0 Å². The molecule has 0 saturated carbocycles. The highest BCUT2D eigenvalue weighted by Gasteiger charge is 2.22. The van der Waals surface area contributed by atoms with Crippen molar-refractivity contribution in [2.24, 2.45) is 0 Å². The van der Waals surface area contributed by atoms with Crippen LogP contribution in [0.3, 0.4) is 0 Å². The van der Waals surface area contributed by atoms with Gasteiger partial charge in [0.15, 0.2) is 0 Å². The van der Waals surface area contributed by atoms with E-state index in [9.17, 15) is 13.2 Å². The molecular formula is C23H18ClN3O3S. The van der Waals surface area contributed by atoms with Crippen LogP contribution in [-0.2, 0) is 10.0 Å². The molecule has 0 aliphatic rings. The number of sulfonamides is 1. The second-order valence-corrected chi connectivity index (χ2v) is 9.25. The fourth-order valence-electron chi connectivity index (χ4n) is 3.11. The predicted molar refractivity (Wildman–Crippen MR) is 123 cm³/mol. The Morgan fingerprint density at radius 3 is 2.58 bits per heavy atom. The summed E-state index contributed by atoms with van der Waals surface area (Å²) in [5.74, 6) is -0.356. The SMILES string of the molecule is CN(c1cccc(Cl)c1)S(=O)(=O)c1cccc(NC(=O)c2ccc3cccnc3c2)c1. The fraction of sp³-hybridized carbons (Fsp3) is 0.0435. The van der Waals surface area contributed by atoms with Crippen LogP contribution in [0.1, 0.15) is 10.4 Å². The van der Waals surface area contributed by atoms with Crippen LogP contribution < -0.4 is 9.62 Å². The second-order valence-electron chi connectivity index (χ2n) is 6.85. The highest BCUT2D eigenvalue weighted by molar-refractivity contribution is 7.92. The predicted octanol–water partition coefficient (Wildman–Crippen LogP) is 4.97. The molecule has 1 amide bonds. The summed E-state index contributed by atoms with van der Waals surface area (Å²) in [4.78, 5) is 17.0. The lowest BCUT2D eigenvalue weighted by Gasteiger charge is -2.20. The van der Waals surface area contributed by atoms with Gasteiger partial charge in [-0.05, 0) is 54.6 Å². The smallest absolute Gasteiger partial charge is 0.264 e. The van der Waals surface area contributed by atoms with Crippen molar-refractivity contribution < 1.29 is 13.2 Å². The van der Waals surface area contributed by atoms with Crippen LogP contribution in [0.25, 0.3) is 10.9 Å². The molecule has 0 saturated heterocycles. The Morgan fingerprint density at radius 2 is 1.77 bits per heavy atom. The van der Waals surface area contributed by atoms with Gasteiger partial charge in [-0.1, -0.05) is 35.9 Å². The summed E-state index contributed by atoms with van der Waals surface area (Å²) in [6.07, 6.45) is 1.66. The van der Waals surface area contributed by atoms with Gasteiger partial charge in [-0.3, -0.25) is 14.1 Å². The number of hydrogen-bond acceptors (Lipinski definition) is 4. The number of carbonyl (C=O) groups is 1. The summed E-state index contributed by atoms with van der Waals surface area (Å²) in [6, 6.07) is 21.6. The average Bonchev–Trinajstić information content (AvgIpc) is 2.78. The molecule has 156 valence electrons. The van der Waals surface area contributed by atoms with Gasteiger partial charge in [0.25, 0.3) is 15.9 Å². The molecule has 4 aromatic rings. The van der Waals surface area contributed by atoms with E-state index in [0.29, 0.717) is 27.5 Å². The topological polar surface area (TPSA) is 79.4 Å². The number of benzene rings is 3. The lowest BCUT2D eigenvalue weighted by atomic mass is 10.1. The number of hydrogen-bond donors (Lipinski definition) is 1. The van der Waals surface area contributed by atoms with E-state index in [2.05, 4.69) is 10.3 Å². The molecule has 31 heavy (non-hydrogen) atoms. The van der Waals surface area contributed by atoms with Crippen LogP contribution >= 0.6 is 11.6 Å². The Labute approximate surface area is 185 Å². The maximum absolute atomic E-state index is 13.1. The minimum atomic E-state index is -3.85. The van der Waals surface area contributed by atoms with E-state index in [1.807, 2.05) is 18.2 Å². The van der Waals surface area contributed by atoms with E-state index in [4.69, 9.17) is 11.6 Å². The lowest BCUT2D eigenvalue weighted by Crippen LogP contribution is -2.26. The van der Waals surface area contributed by atoms with E-state index in [1.165, 1.54) is 19.2 Å². The molecule has 1 N–H and O–H groups in total. The van der Waals surface area contributed by atoms with Gasteiger partial charge in [0.05, 0.1) is 16.1 Å². The summed E-state index contributed by atoms with van der Waals surface area (Å²) < 4.78 is 27.3. The molecule has 0 unspecified atom stereocenters. The molecule has 6 nitrogen and oxygen atoms in total. The summed E-state index contributed by atoms with van der Waals surface area (Å²) in [7, 11) is -2.39. The first-order valence-corrected chi connectivity index (χ1v) is 11.2. The number of nitrogens with zero attached hydrogens (tertiary/aromatic N) is 2. The van der Waals surface area contributed by atoms with Gasteiger partial charge in [-0.15, -0.1) is 0 Å². The number of pyridine rings is 1. The molecule has 3 aromatic carbocycles. The fourth-order valence-corrected chi connectivity index (χ4v) is 4.53. The number of anilines is 2. The first kappa shape index (κ1) is 20.8. The number of nitrogens with one attached hydrogen (secondary N) is 1. The van der Waals surface area contributed by atoms with Crippen LogP contribution in [0, 0.1) is 0 Å². The standard InChI is InChI=1S/C23H18ClN3O3S/c1-27(20-8-2-6-18(24)14-20)31(29,30)21-9-3-7-19(15-21)26-23(28)17-11-10-16-5-4-12-25-22(16)13-17/h2-15H,1H3,(H,26,28). The van der Waals surface area contributed by atoms with Gasteiger partial charge in [0, 0.05) is 34.9 Å². The van der Waals surface area contributed by atoms with Crippen molar-refractivity contribution in [3.05, 3.63) is 95.6 Å². The molecule has 0 spiro atoms. The van der Waals surface area contributed by atoms with Crippen LogP contribution in [-0.4, -0.2) is 26.4 Å². The van der Waals surface area contributed by atoms with Crippen molar-refractivity contribution in [1.29, 1.82) is 0 Å². The zero-order valence-electron chi connectivity index (χ0n) is 16.5. The second kappa shape index (κ2) is 8.37. The zero-order valence-corrected chi connectivity index (χ0v) is 18.1. The third-order valence-corrected chi connectivity index (χ3v) is 6.81. The third kappa shape index (κ3) is 4.38. The normalized spacial score (nSPS) is 11.3. The Hall–Kier alpha value is -3.42. The largest absolute Gasteiger partial charge is 0.322 e. The summed E-state index contributed by atoms with van der Waals surface area (Å²) in [5.41, 5.74) is 1.93. The van der Waals surface area contributed by atoms with Crippen molar-refractivity contribution in [2.75, 3.05) is 16.7 Å². The molecule has 1 heterocycles. The Kier molecular flexibility index (Phi) is 5.63. The first-order chi connectivity index (χ1) is 14.8. The monoisotopic (exact) mass is 451 g/mol. The van der Waals surface area contributed by atoms with Crippen molar-refractivity contribution in [3.8, 4) is 0 Å². The van der Waals surface area contributed by atoms with Crippen LogP contribution in [0.4, 0.5) is 11.4 Å². The molecule has 0 aliphatic heterocycles. The number of halogens is 1. The number of amides is 1. The van der Waals surface area contributed by atoms with Gasteiger partial charge in [0.1, 0.15) is 0 Å². The van der Waals surface area contributed by atoms with Crippen LogP contribution in [0.2, 0.25) is 5.02 Å². The quantitative estimate of drug-likeness (QED) is 0.464. The number of aromatic nitrogens is 1. The molecule has 8 heteroatoms. The molecule has 0 fully saturated rings. The maximum atomic E-state index is 13.1. The molecule has 1 aromatic heterocycles. The third-order valence-electron chi connectivity index (χ3n) is 4.79. The molecule has 0 atom stereocenters. The maximum Gasteiger partial charge on any atom is 0.264 e. The van der Waals surface area contributed by atoms with Crippen LogP contribution in [0.15, 0.2) is 90.0 Å². The van der Waals surface area contributed by atoms with E-state index in [0.717, 1.165) is 9.69 Å². The molecule has 0 aliphatic carbocycles. The van der Waals surface area contributed by atoms with Gasteiger partial charge in [-0.2, -0.15) is 0 Å². The molecule has 0 radical (unpaired) electrons. The summed E-state index contributed by atoms with van der Waals surface area (Å²) in [5, 5.41) is 4.12. The van der Waals surface area contributed by atoms with E-state index < -0.39 is 10.0 Å².